The average Bonchev–Trinajstić information content (AvgIpc) is 2.84. The molecule has 1 N–H and O–H groups in total. The first-order chi connectivity index (χ1) is 12.6. The number of carbonyl (C=O) groups is 2. The largest absolute Gasteiger partial charge is 0.335 e. The van der Waals surface area contributed by atoms with Crippen molar-refractivity contribution in [3.63, 3.8) is 0 Å². The van der Waals surface area contributed by atoms with Crippen LogP contribution < -0.4 is 11.0 Å². The predicted octanol–water partition coefficient (Wildman–Crippen LogP) is 1.14. The minimum absolute atomic E-state index is 0.0796. The monoisotopic (exact) mass is 373 g/mol. The van der Waals surface area contributed by atoms with Crippen LogP contribution in [0.15, 0.2) is 23.0 Å². The Morgan fingerprint density at radius 3 is 2.07 bits per heavy atom. The molecule has 2 aromatic rings. The number of aryl methyl sites for hydroxylation is 2. The summed E-state index contributed by atoms with van der Waals surface area (Å²) in [6, 6.07) is 5.22. The number of nitrogens with one attached hydrogen (secondary N) is 1. The fourth-order valence-electron chi connectivity index (χ4n) is 3.33. The van der Waals surface area contributed by atoms with Crippen LogP contribution in [-0.4, -0.2) is 62.6 Å². The van der Waals surface area contributed by atoms with Gasteiger partial charge in [0.2, 0.25) is 0 Å². The normalized spacial score (nSPS) is 15.3. The molecular weight excluding hydrogens is 346 g/mol. The molecule has 0 radical (unpaired) electrons. The van der Waals surface area contributed by atoms with Crippen LogP contribution in [-0.2, 0) is 14.1 Å². The van der Waals surface area contributed by atoms with Crippen molar-refractivity contribution in [3.05, 3.63) is 34.2 Å². The first-order valence-corrected chi connectivity index (χ1v) is 9.10. The molecule has 146 valence electrons. The molecule has 8 nitrogen and oxygen atoms in total. The third-order valence-electron chi connectivity index (χ3n) is 4.85. The van der Waals surface area contributed by atoms with Gasteiger partial charge in [0.1, 0.15) is 0 Å². The third kappa shape index (κ3) is 3.70. The highest BCUT2D eigenvalue weighted by Gasteiger charge is 2.27. The van der Waals surface area contributed by atoms with E-state index in [9.17, 15) is 14.4 Å². The van der Waals surface area contributed by atoms with E-state index in [1.807, 2.05) is 20.8 Å². The lowest BCUT2D eigenvalue weighted by molar-refractivity contribution is 0.0661. The van der Waals surface area contributed by atoms with Gasteiger partial charge in [-0.2, -0.15) is 0 Å². The van der Waals surface area contributed by atoms with E-state index in [-0.39, 0.29) is 23.2 Å². The Kier molecular flexibility index (Phi) is 4.75. The van der Waals surface area contributed by atoms with E-state index < -0.39 is 0 Å². The summed E-state index contributed by atoms with van der Waals surface area (Å²) >= 11 is 0. The number of urea groups is 1. The average molecular weight is 373 g/mol. The molecule has 0 spiro atoms. The Hall–Kier alpha value is -2.77. The van der Waals surface area contributed by atoms with Gasteiger partial charge in [0, 0.05) is 51.4 Å². The minimum Gasteiger partial charge on any atom is -0.335 e. The van der Waals surface area contributed by atoms with Gasteiger partial charge in [0.05, 0.1) is 11.0 Å². The lowest BCUT2D eigenvalue weighted by Crippen LogP contribution is -2.56. The molecule has 0 bridgehead atoms. The number of hydrogen-bond donors (Lipinski definition) is 1. The van der Waals surface area contributed by atoms with Gasteiger partial charge in [0.25, 0.3) is 5.91 Å². The molecule has 0 atom stereocenters. The summed E-state index contributed by atoms with van der Waals surface area (Å²) in [7, 11) is 3.42. The fraction of sp³-hybridized carbons (Fsp3) is 0.526. The van der Waals surface area contributed by atoms with Crippen molar-refractivity contribution < 1.29 is 9.59 Å². The standard InChI is InChI=1S/C19H27N5O3/c1-19(2,3)20-17(26)24-10-8-23(9-11-24)16(25)13-6-7-14-15(12-13)22(5)18(27)21(14)4/h6-7,12H,8-11H2,1-5H3,(H,20,26). The fourth-order valence-corrected chi connectivity index (χ4v) is 3.33. The maximum Gasteiger partial charge on any atom is 0.328 e. The minimum atomic E-state index is -0.287. The lowest BCUT2D eigenvalue weighted by atomic mass is 10.1. The molecule has 1 fully saturated rings. The molecule has 8 heteroatoms. The van der Waals surface area contributed by atoms with Crippen molar-refractivity contribution in [2.75, 3.05) is 26.2 Å². The van der Waals surface area contributed by atoms with E-state index in [1.165, 1.54) is 0 Å². The van der Waals surface area contributed by atoms with Gasteiger partial charge in [-0.1, -0.05) is 0 Å². The van der Waals surface area contributed by atoms with Crippen molar-refractivity contribution >= 4 is 23.0 Å². The molecule has 3 amide bonds. The highest BCUT2D eigenvalue weighted by molar-refractivity contribution is 5.97. The number of benzene rings is 1. The van der Waals surface area contributed by atoms with Gasteiger partial charge in [-0.15, -0.1) is 0 Å². The van der Waals surface area contributed by atoms with E-state index in [0.29, 0.717) is 31.7 Å². The summed E-state index contributed by atoms with van der Waals surface area (Å²) in [5.74, 6) is -0.0796. The van der Waals surface area contributed by atoms with Crippen LogP contribution in [0.3, 0.4) is 0 Å². The highest BCUT2D eigenvalue weighted by Crippen LogP contribution is 2.16. The summed E-state index contributed by atoms with van der Waals surface area (Å²) in [5, 5.41) is 2.95. The van der Waals surface area contributed by atoms with E-state index in [2.05, 4.69) is 5.32 Å². The highest BCUT2D eigenvalue weighted by atomic mass is 16.2. The first-order valence-electron chi connectivity index (χ1n) is 9.10. The van der Waals surface area contributed by atoms with Gasteiger partial charge in [0.15, 0.2) is 0 Å². The topological polar surface area (TPSA) is 79.6 Å². The van der Waals surface area contributed by atoms with E-state index in [0.717, 1.165) is 11.0 Å². The van der Waals surface area contributed by atoms with Crippen LogP contribution in [0.1, 0.15) is 31.1 Å². The number of imidazole rings is 1. The molecular formula is C19H27N5O3. The number of rotatable bonds is 1. The van der Waals surface area contributed by atoms with Gasteiger partial charge < -0.3 is 15.1 Å². The molecule has 1 aliphatic heterocycles. The van der Waals surface area contributed by atoms with Crippen molar-refractivity contribution in [1.29, 1.82) is 0 Å². The summed E-state index contributed by atoms with van der Waals surface area (Å²) < 4.78 is 3.11. The van der Waals surface area contributed by atoms with Crippen LogP contribution in [0.25, 0.3) is 11.0 Å². The second-order valence-corrected chi connectivity index (χ2v) is 8.06. The van der Waals surface area contributed by atoms with Crippen LogP contribution in [0.4, 0.5) is 4.79 Å². The number of nitrogens with zero attached hydrogens (tertiary/aromatic N) is 4. The Balaban J connectivity index is 1.71. The SMILES string of the molecule is Cn1c(=O)n(C)c2cc(C(=O)N3CCN(C(=O)NC(C)(C)C)CC3)ccc21. The van der Waals surface area contributed by atoms with Crippen molar-refractivity contribution in [2.45, 2.75) is 26.3 Å². The Morgan fingerprint density at radius 1 is 0.926 bits per heavy atom. The first kappa shape index (κ1) is 19.0. The van der Waals surface area contributed by atoms with Crippen LogP contribution >= 0.6 is 0 Å². The number of aromatic nitrogens is 2. The summed E-state index contributed by atoms with van der Waals surface area (Å²) in [4.78, 5) is 40.7. The zero-order valence-corrected chi connectivity index (χ0v) is 16.6. The molecule has 0 unspecified atom stereocenters. The van der Waals surface area contributed by atoms with Gasteiger partial charge in [-0.05, 0) is 39.0 Å². The van der Waals surface area contributed by atoms with E-state index >= 15 is 0 Å². The summed E-state index contributed by atoms with van der Waals surface area (Å²) in [6.07, 6.45) is 0. The summed E-state index contributed by atoms with van der Waals surface area (Å²) in [5.41, 5.74) is 1.68. The number of fused-ring (bicyclic) bond motifs is 1. The Morgan fingerprint density at radius 2 is 1.48 bits per heavy atom. The second-order valence-electron chi connectivity index (χ2n) is 8.06. The smallest absolute Gasteiger partial charge is 0.328 e. The molecule has 0 saturated carbocycles. The van der Waals surface area contributed by atoms with E-state index in [1.54, 1.807) is 51.2 Å². The number of carbonyl (C=O) groups excluding carboxylic acids is 2. The predicted molar refractivity (Wildman–Crippen MR) is 104 cm³/mol. The van der Waals surface area contributed by atoms with Crippen LogP contribution in [0.5, 0.6) is 0 Å². The zero-order valence-electron chi connectivity index (χ0n) is 16.6. The number of amides is 3. The Labute approximate surface area is 158 Å². The van der Waals surface area contributed by atoms with Gasteiger partial charge in [-0.25, -0.2) is 9.59 Å². The maximum absolute atomic E-state index is 12.9. The summed E-state index contributed by atoms with van der Waals surface area (Å²) in [6.45, 7) is 7.80. The molecule has 1 aliphatic rings. The second kappa shape index (κ2) is 6.75. The molecule has 1 aromatic heterocycles. The molecule has 0 aliphatic carbocycles. The van der Waals surface area contributed by atoms with Crippen molar-refractivity contribution in [2.24, 2.45) is 14.1 Å². The van der Waals surface area contributed by atoms with Crippen LogP contribution in [0, 0.1) is 0 Å². The molecule has 27 heavy (non-hydrogen) atoms. The maximum atomic E-state index is 12.9. The van der Waals surface area contributed by atoms with Crippen molar-refractivity contribution in [1.82, 2.24) is 24.3 Å². The number of hydrogen-bond acceptors (Lipinski definition) is 3. The third-order valence-corrected chi connectivity index (χ3v) is 4.85. The Bertz CT molecular complexity index is 943. The molecule has 3 rings (SSSR count). The molecule has 1 aromatic carbocycles. The molecule has 2 heterocycles. The van der Waals surface area contributed by atoms with Crippen molar-refractivity contribution in [3.8, 4) is 0 Å². The molecule has 1 saturated heterocycles. The lowest BCUT2D eigenvalue weighted by Gasteiger charge is -2.36. The zero-order chi connectivity index (χ0) is 19.9. The number of piperazine rings is 1. The van der Waals surface area contributed by atoms with Gasteiger partial charge >= 0.3 is 11.7 Å². The van der Waals surface area contributed by atoms with Crippen LogP contribution in [0.2, 0.25) is 0 Å². The quantitative estimate of drug-likeness (QED) is 0.814. The van der Waals surface area contributed by atoms with Gasteiger partial charge in [-0.3, -0.25) is 13.9 Å². The van der Waals surface area contributed by atoms with E-state index in [4.69, 9.17) is 0 Å².